The summed E-state index contributed by atoms with van der Waals surface area (Å²) >= 11 is 0. The van der Waals surface area contributed by atoms with Crippen LogP contribution in [0, 0.1) is 0 Å². The summed E-state index contributed by atoms with van der Waals surface area (Å²) in [5.74, 6) is 1.46. The third-order valence-electron chi connectivity index (χ3n) is 9.36. The maximum atomic E-state index is 14.7. The van der Waals surface area contributed by atoms with E-state index in [4.69, 9.17) is 9.47 Å². The molecule has 1 atom stereocenters. The third kappa shape index (κ3) is 7.62. The minimum atomic E-state index is -0.771. The Morgan fingerprint density at radius 2 is 1.14 bits per heavy atom. The van der Waals surface area contributed by atoms with Crippen molar-refractivity contribution < 1.29 is 24.5 Å². The number of phenolic OH excluding ortho intramolecular Hbond substituents is 2. The Labute approximate surface area is 299 Å². The molecule has 0 spiro atoms. The first-order valence-electron chi connectivity index (χ1n) is 17.6. The standard InChI is InChI=1S/C45H54O5/c1-42(2,3)33-21-28(22-34(39(33)47)43(4,5)6)20-32-38(46)31-19-18-30(49-26-27-16-14-13-15-17-27)25-37(31)50-41(32)29-23-35(44(7,8)9)40(48)36(24-29)45(10,11)12/h13-25,41,47-48H,26H2,1-12H3/b32-20+. The summed E-state index contributed by atoms with van der Waals surface area (Å²) in [4.78, 5) is 14.7. The molecule has 0 aliphatic carbocycles. The van der Waals surface area contributed by atoms with E-state index < -0.39 is 6.10 Å². The summed E-state index contributed by atoms with van der Waals surface area (Å²) in [6.07, 6.45) is 1.15. The first-order valence-corrected chi connectivity index (χ1v) is 17.6. The third-order valence-corrected chi connectivity index (χ3v) is 9.36. The van der Waals surface area contributed by atoms with Crippen molar-refractivity contribution in [3.05, 3.63) is 123 Å². The summed E-state index contributed by atoms with van der Waals surface area (Å²) in [6.45, 7) is 25.3. The van der Waals surface area contributed by atoms with Gasteiger partial charge in [-0.3, -0.25) is 4.79 Å². The van der Waals surface area contributed by atoms with Gasteiger partial charge in [0.25, 0.3) is 0 Å². The van der Waals surface area contributed by atoms with Gasteiger partial charge in [-0.05, 0) is 92.0 Å². The van der Waals surface area contributed by atoms with Gasteiger partial charge in [-0.25, -0.2) is 0 Å². The summed E-state index contributed by atoms with van der Waals surface area (Å²) in [5, 5.41) is 23.0. The van der Waals surface area contributed by atoms with Gasteiger partial charge in [0.05, 0.1) is 5.56 Å². The molecule has 1 aliphatic heterocycles. The number of phenols is 2. The highest BCUT2D eigenvalue weighted by molar-refractivity contribution is 6.14. The predicted octanol–water partition coefficient (Wildman–Crippen LogP) is 11.3. The minimum absolute atomic E-state index is 0.142. The summed E-state index contributed by atoms with van der Waals surface area (Å²) < 4.78 is 13.0. The molecule has 1 unspecified atom stereocenters. The van der Waals surface area contributed by atoms with Crippen molar-refractivity contribution in [2.45, 2.75) is 117 Å². The molecule has 0 amide bonds. The van der Waals surface area contributed by atoms with Crippen LogP contribution in [0.5, 0.6) is 23.0 Å². The second-order valence-corrected chi connectivity index (χ2v) is 17.8. The van der Waals surface area contributed by atoms with Crippen LogP contribution >= 0.6 is 0 Å². The zero-order valence-electron chi connectivity index (χ0n) is 31.9. The predicted molar refractivity (Wildman–Crippen MR) is 204 cm³/mol. The summed E-state index contributed by atoms with van der Waals surface area (Å²) in [6, 6.07) is 23.3. The molecule has 0 saturated heterocycles. The maximum absolute atomic E-state index is 14.7. The first-order chi connectivity index (χ1) is 23.1. The van der Waals surface area contributed by atoms with Gasteiger partial charge in [0, 0.05) is 22.8 Å². The van der Waals surface area contributed by atoms with Crippen LogP contribution in [0.3, 0.4) is 0 Å². The zero-order valence-corrected chi connectivity index (χ0v) is 31.9. The largest absolute Gasteiger partial charge is 0.507 e. The molecule has 0 radical (unpaired) electrons. The Morgan fingerprint density at radius 3 is 1.62 bits per heavy atom. The quantitative estimate of drug-likeness (QED) is 0.206. The molecule has 1 heterocycles. The average Bonchev–Trinajstić information content (AvgIpc) is 3.00. The van der Waals surface area contributed by atoms with E-state index in [9.17, 15) is 15.0 Å². The lowest BCUT2D eigenvalue weighted by atomic mass is 9.76. The van der Waals surface area contributed by atoms with Crippen molar-refractivity contribution in [2.24, 2.45) is 0 Å². The van der Waals surface area contributed by atoms with Crippen molar-refractivity contribution in [2.75, 3.05) is 0 Å². The molecule has 5 rings (SSSR count). The number of ether oxygens (including phenoxy) is 2. The molecule has 2 N–H and O–H groups in total. The van der Waals surface area contributed by atoms with E-state index in [0.717, 1.165) is 38.9 Å². The van der Waals surface area contributed by atoms with Crippen LogP contribution in [0.4, 0.5) is 0 Å². The fourth-order valence-corrected chi connectivity index (χ4v) is 6.49. The Hall–Kier alpha value is -4.51. The van der Waals surface area contributed by atoms with E-state index in [0.29, 0.717) is 29.2 Å². The zero-order chi connectivity index (χ0) is 37.0. The van der Waals surface area contributed by atoms with E-state index >= 15 is 0 Å². The number of carbonyl (C=O) groups excluding carboxylic acids is 1. The topological polar surface area (TPSA) is 76.0 Å². The molecule has 0 fully saturated rings. The maximum Gasteiger partial charge on any atom is 0.196 e. The Morgan fingerprint density at radius 1 is 0.660 bits per heavy atom. The van der Waals surface area contributed by atoms with Crippen LogP contribution in [0.25, 0.3) is 6.08 Å². The Bertz CT molecular complexity index is 1870. The van der Waals surface area contributed by atoms with Crippen LogP contribution in [0.1, 0.15) is 138 Å². The molecule has 5 heteroatoms. The van der Waals surface area contributed by atoms with Gasteiger partial charge in [-0.1, -0.05) is 113 Å². The molecule has 50 heavy (non-hydrogen) atoms. The normalized spacial score (nSPS) is 16.3. The minimum Gasteiger partial charge on any atom is -0.507 e. The highest BCUT2D eigenvalue weighted by Gasteiger charge is 2.37. The Kier molecular flexibility index (Phi) is 9.55. The lowest BCUT2D eigenvalue weighted by Crippen LogP contribution is -2.26. The number of Topliss-reactive ketones (excluding diaryl/α,β-unsaturated/α-hetero) is 1. The molecule has 0 bridgehead atoms. The van der Waals surface area contributed by atoms with Gasteiger partial charge >= 0.3 is 0 Å². The number of aromatic hydroxyl groups is 2. The van der Waals surface area contributed by atoms with Gasteiger partial charge in [0.15, 0.2) is 11.9 Å². The molecule has 264 valence electrons. The van der Waals surface area contributed by atoms with Crippen LogP contribution in [0.2, 0.25) is 0 Å². The molecule has 5 nitrogen and oxygen atoms in total. The van der Waals surface area contributed by atoms with E-state index in [-0.39, 0.29) is 38.9 Å². The number of carbonyl (C=O) groups is 1. The van der Waals surface area contributed by atoms with E-state index in [1.807, 2.05) is 66.7 Å². The van der Waals surface area contributed by atoms with Crippen LogP contribution < -0.4 is 9.47 Å². The van der Waals surface area contributed by atoms with Crippen LogP contribution in [0.15, 0.2) is 78.4 Å². The van der Waals surface area contributed by atoms with Gasteiger partial charge < -0.3 is 19.7 Å². The van der Waals surface area contributed by atoms with Crippen molar-refractivity contribution >= 4 is 11.9 Å². The molecular formula is C45H54O5. The number of hydrogen-bond acceptors (Lipinski definition) is 5. The summed E-state index contributed by atoms with van der Waals surface area (Å²) in [5.41, 5.74) is 5.34. The number of fused-ring (bicyclic) bond motifs is 1. The number of ketones is 1. The Balaban J connectivity index is 1.74. The van der Waals surface area contributed by atoms with Crippen molar-refractivity contribution in [3.8, 4) is 23.0 Å². The van der Waals surface area contributed by atoms with Gasteiger partial charge in [0.1, 0.15) is 29.6 Å². The first kappa shape index (κ1) is 36.8. The number of benzene rings is 4. The molecule has 4 aromatic rings. The second kappa shape index (κ2) is 13.0. The summed E-state index contributed by atoms with van der Waals surface area (Å²) in [7, 11) is 0. The lowest BCUT2D eigenvalue weighted by Gasteiger charge is -2.33. The highest BCUT2D eigenvalue weighted by Crippen LogP contribution is 2.47. The SMILES string of the molecule is CC(C)(C)c1cc(/C=C2\C(=O)c3ccc(OCc4ccccc4)cc3OC2c2cc(C(C)(C)C)c(O)c(C(C)(C)C)c2)cc(C(C)(C)C)c1O. The smallest absolute Gasteiger partial charge is 0.196 e. The highest BCUT2D eigenvalue weighted by atomic mass is 16.5. The molecule has 4 aromatic carbocycles. The molecule has 1 aliphatic rings. The van der Waals surface area contributed by atoms with Gasteiger partial charge in [-0.2, -0.15) is 0 Å². The van der Waals surface area contributed by atoms with Crippen molar-refractivity contribution in [3.63, 3.8) is 0 Å². The van der Waals surface area contributed by atoms with E-state index in [2.05, 4.69) is 83.1 Å². The second-order valence-electron chi connectivity index (χ2n) is 17.8. The fourth-order valence-electron chi connectivity index (χ4n) is 6.49. The van der Waals surface area contributed by atoms with Gasteiger partial charge in [-0.15, -0.1) is 0 Å². The average molecular weight is 675 g/mol. The van der Waals surface area contributed by atoms with Gasteiger partial charge in [0.2, 0.25) is 0 Å². The fraction of sp³-hybridized carbons (Fsp3) is 0.400. The molecule has 0 saturated carbocycles. The molecular weight excluding hydrogens is 620 g/mol. The lowest BCUT2D eigenvalue weighted by molar-refractivity contribution is 0.0963. The van der Waals surface area contributed by atoms with E-state index in [1.54, 1.807) is 12.1 Å². The van der Waals surface area contributed by atoms with Crippen molar-refractivity contribution in [1.82, 2.24) is 0 Å². The van der Waals surface area contributed by atoms with Crippen LogP contribution in [-0.4, -0.2) is 16.0 Å². The number of rotatable bonds is 5. The number of hydrogen-bond donors (Lipinski definition) is 2. The molecule has 0 aromatic heterocycles. The van der Waals surface area contributed by atoms with Crippen LogP contribution in [-0.2, 0) is 28.3 Å². The van der Waals surface area contributed by atoms with Crippen molar-refractivity contribution in [1.29, 1.82) is 0 Å². The van der Waals surface area contributed by atoms with E-state index in [1.165, 1.54) is 0 Å². The monoisotopic (exact) mass is 674 g/mol.